The van der Waals surface area contributed by atoms with Crippen molar-refractivity contribution >= 4 is 0 Å². The first-order chi connectivity index (χ1) is 8.79. The number of nitrogens with zero attached hydrogens (tertiary/aromatic N) is 1. The first-order valence-electron chi connectivity index (χ1n) is 6.11. The Balaban J connectivity index is 2.09. The van der Waals surface area contributed by atoms with Crippen LogP contribution in [-0.4, -0.2) is 11.5 Å². The third kappa shape index (κ3) is 3.31. The lowest BCUT2D eigenvalue weighted by atomic mass is 10.1. The predicted octanol–water partition coefficient (Wildman–Crippen LogP) is 2.47. The summed E-state index contributed by atoms with van der Waals surface area (Å²) in [6.07, 6.45) is 4.39. The molecule has 1 heterocycles. The van der Waals surface area contributed by atoms with Crippen molar-refractivity contribution in [2.75, 3.05) is 6.54 Å². The van der Waals surface area contributed by atoms with Crippen LogP contribution in [0.3, 0.4) is 0 Å². The van der Waals surface area contributed by atoms with Crippen LogP contribution in [0.4, 0.5) is 0 Å². The van der Waals surface area contributed by atoms with E-state index < -0.39 is 0 Å². The normalized spacial score (nSPS) is 10.3. The van der Waals surface area contributed by atoms with E-state index in [1.165, 1.54) is 11.1 Å². The molecule has 0 aliphatic heterocycles. The molecule has 2 N–H and O–H groups in total. The SMILES string of the molecule is Cc1ccc(OCc2ccncc2)c(CCN)c1. The van der Waals surface area contributed by atoms with Crippen molar-refractivity contribution in [2.24, 2.45) is 5.73 Å². The number of ether oxygens (including phenoxy) is 1. The molecule has 0 fully saturated rings. The van der Waals surface area contributed by atoms with Gasteiger partial charge in [0.25, 0.3) is 0 Å². The number of aromatic nitrogens is 1. The Morgan fingerprint density at radius 3 is 2.67 bits per heavy atom. The van der Waals surface area contributed by atoms with Crippen LogP contribution in [0, 0.1) is 6.92 Å². The Kier molecular flexibility index (Phi) is 4.31. The zero-order chi connectivity index (χ0) is 12.8. The molecule has 0 amide bonds. The van der Waals surface area contributed by atoms with Crippen molar-refractivity contribution in [2.45, 2.75) is 20.0 Å². The van der Waals surface area contributed by atoms with Crippen molar-refractivity contribution < 1.29 is 4.74 Å². The van der Waals surface area contributed by atoms with Gasteiger partial charge in [0.2, 0.25) is 0 Å². The molecule has 18 heavy (non-hydrogen) atoms. The quantitative estimate of drug-likeness (QED) is 0.876. The van der Waals surface area contributed by atoms with Gasteiger partial charge in [-0.25, -0.2) is 0 Å². The standard InChI is InChI=1S/C15H18N2O/c1-12-2-3-15(14(10-12)4-7-16)18-11-13-5-8-17-9-6-13/h2-3,5-6,8-10H,4,7,11,16H2,1H3. The first kappa shape index (κ1) is 12.6. The van der Waals surface area contributed by atoms with Crippen molar-refractivity contribution in [1.29, 1.82) is 0 Å². The molecule has 0 atom stereocenters. The Hall–Kier alpha value is -1.87. The lowest BCUT2D eigenvalue weighted by molar-refractivity contribution is 0.303. The van der Waals surface area contributed by atoms with Gasteiger partial charge in [-0.15, -0.1) is 0 Å². The monoisotopic (exact) mass is 242 g/mol. The highest BCUT2D eigenvalue weighted by Gasteiger charge is 2.04. The molecular formula is C15H18N2O. The summed E-state index contributed by atoms with van der Waals surface area (Å²) in [5.74, 6) is 0.919. The largest absolute Gasteiger partial charge is 0.489 e. The number of pyridine rings is 1. The zero-order valence-electron chi connectivity index (χ0n) is 10.6. The maximum atomic E-state index is 5.85. The van der Waals surface area contributed by atoms with E-state index in [9.17, 15) is 0 Å². The van der Waals surface area contributed by atoms with E-state index in [0.29, 0.717) is 13.2 Å². The van der Waals surface area contributed by atoms with E-state index in [1.54, 1.807) is 12.4 Å². The van der Waals surface area contributed by atoms with E-state index in [4.69, 9.17) is 10.5 Å². The molecule has 0 spiro atoms. The lowest BCUT2D eigenvalue weighted by Crippen LogP contribution is -2.06. The van der Waals surface area contributed by atoms with Crippen LogP contribution >= 0.6 is 0 Å². The minimum absolute atomic E-state index is 0.559. The summed E-state index contributed by atoms with van der Waals surface area (Å²) >= 11 is 0. The van der Waals surface area contributed by atoms with Crippen LogP contribution < -0.4 is 10.5 Å². The van der Waals surface area contributed by atoms with Gasteiger partial charge in [0, 0.05) is 12.4 Å². The maximum Gasteiger partial charge on any atom is 0.123 e. The Labute approximate surface area is 108 Å². The molecule has 3 heteroatoms. The lowest BCUT2D eigenvalue weighted by Gasteiger charge is -2.11. The van der Waals surface area contributed by atoms with Gasteiger partial charge in [-0.1, -0.05) is 17.7 Å². The van der Waals surface area contributed by atoms with Gasteiger partial charge < -0.3 is 10.5 Å². The molecule has 0 radical (unpaired) electrons. The number of rotatable bonds is 5. The summed E-state index contributed by atoms with van der Waals surface area (Å²) in [5, 5.41) is 0. The molecule has 3 nitrogen and oxygen atoms in total. The van der Waals surface area contributed by atoms with Crippen LogP contribution in [0.5, 0.6) is 5.75 Å². The van der Waals surface area contributed by atoms with Crippen LogP contribution in [0.2, 0.25) is 0 Å². The van der Waals surface area contributed by atoms with Gasteiger partial charge in [0.1, 0.15) is 12.4 Å². The molecular weight excluding hydrogens is 224 g/mol. The molecule has 1 aromatic carbocycles. The van der Waals surface area contributed by atoms with Crippen LogP contribution in [0.15, 0.2) is 42.7 Å². The number of hydrogen-bond acceptors (Lipinski definition) is 3. The Bertz CT molecular complexity index is 497. The minimum atomic E-state index is 0.559. The second-order valence-corrected chi connectivity index (χ2v) is 4.29. The van der Waals surface area contributed by atoms with Gasteiger partial charge in [-0.2, -0.15) is 0 Å². The number of hydrogen-bond donors (Lipinski definition) is 1. The second-order valence-electron chi connectivity index (χ2n) is 4.29. The van der Waals surface area contributed by atoms with Crippen LogP contribution in [0.25, 0.3) is 0 Å². The second kappa shape index (κ2) is 6.17. The molecule has 0 aliphatic rings. The number of aryl methyl sites for hydroxylation is 1. The van der Waals surface area contributed by atoms with Crippen molar-refractivity contribution in [3.05, 3.63) is 59.4 Å². The minimum Gasteiger partial charge on any atom is -0.489 e. The predicted molar refractivity (Wildman–Crippen MR) is 72.5 cm³/mol. The summed E-state index contributed by atoms with van der Waals surface area (Å²) in [7, 11) is 0. The Morgan fingerprint density at radius 1 is 1.17 bits per heavy atom. The van der Waals surface area contributed by atoms with Crippen molar-refractivity contribution in [3.8, 4) is 5.75 Å². The highest BCUT2D eigenvalue weighted by atomic mass is 16.5. The fourth-order valence-corrected chi connectivity index (χ4v) is 1.84. The summed E-state index contributed by atoms with van der Waals surface area (Å²) < 4.78 is 5.85. The summed E-state index contributed by atoms with van der Waals surface area (Å²) in [6.45, 7) is 3.27. The van der Waals surface area contributed by atoms with E-state index in [1.807, 2.05) is 18.2 Å². The highest BCUT2D eigenvalue weighted by molar-refractivity contribution is 5.37. The van der Waals surface area contributed by atoms with Crippen molar-refractivity contribution in [1.82, 2.24) is 4.98 Å². The van der Waals surface area contributed by atoms with Gasteiger partial charge >= 0.3 is 0 Å². The first-order valence-corrected chi connectivity index (χ1v) is 6.11. The van der Waals surface area contributed by atoms with Crippen LogP contribution in [0.1, 0.15) is 16.7 Å². The molecule has 0 aliphatic carbocycles. The summed E-state index contributed by atoms with van der Waals surface area (Å²) in [4.78, 5) is 3.99. The van der Waals surface area contributed by atoms with Crippen molar-refractivity contribution in [3.63, 3.8) is 0 Å². The average Bonchev–Trinajstić information content (AvgIpc) is 2.39. The molecule has 0 bridgehead atoms. The van der Waals surface area contributed by atoms with E-state index >= 15 is 0 Å². The molecule has 94 valence electrons. The average molecular weight is 242 g/mol. The summed E-state index contributed by atoms with van der Waals surface area (Å²) in [5.41, 5.74) is 9.14. The summed E-state index contributed by atoms with van der Waals surface area (Å²) in [6, 6.07) is 10.1. The number of nitrogens with two attached hydrogens (primary N) is 1. The Morgan fingerprint density at radius 2 is 1.94 bits per heavy atom. The third-order valence-electron chi connectivity index (χ3n) is 2.77. The van der Waals surface area contributed by atoms with E-state index in [-0.39, 0.29) is 0 Å². The fraction of sp³-hybridized carbons (Fsp3) is 0.267. The fourth-order valence-electron chi connectivity index (χ4n) is 1.84. The maximum absolute atomic E-state index is 5.85. The molecule has 2 rings (SSSR count). The van der Waals surface area contributed by atoms with Gasteiger partial charge in [0.05, 0.1) is 0 Å². The smallest absolute Gasteiger partial charge is 0.123 e. The molecule has 1 aromatic heterocycles. The molecule has 0 saturated heterocycles. The van der Waals surface area contributed by atoms with E-state index in [0.717, 1.165) is 17.7 Å². The molecule has 0 saturated carbocycles. The molecule has 2 aromatic rings. The topological polar surface area (TPSA) is 48.1 Å². The number of benzene rings is 1. The van der Waals surface area contributed by atoms with Gasteiger partial charge in [0.15, 0.2) is 0 Å². The van der Waals surface area contributed by atoms with Gasteiger partial charge in [-0.3, -0.25) is 4.98 Å². The van der Waals surface area contributed by atoms with Crippen LogP contribution in [-0.2, 0) is 13.0 Å². The highest BCUT2D eigenvalue weighted by Crippen LogP contribution is 2.21. The van der Waals surface area contributed by atoms with E-state index in [2.05, 4.69) is 24.0 Å². The zero-order valence-corrected chi connectivity index (χ0v) is 10.6. The van der Waals surface area contributed by atoms with Gasteiger partial charge in [-0.05, 0) is 49.2 Å². The third-order valence-corrected chi connectivity index (χ3v) is 2.77. The molecule has 0 unspecified atom stereocenters.